The molecular weight excluding hydrogens is 523 g/mol. The van der Waals surface area contributed by atoms with Gasteiger partial charge in [0.1, 0.15) is 5.54 Å². The van der Waals surface area contributed by atoms with Crippen molar-refractivity contribution in [2.24, 2.45) is 0 Å². The van der Waals surface area contributed by atoms with Crippen molar-refractivity contribution in [3.05, 3.63) is 93.1 Å². The Morgan fingerprint density at radius 2 is 1.56 bits per heavy atom. The number of carbonyl (C=O) groups is 1. The minimum absolute atomic E-state index is 0.0148. The molecule has 4 N–H and O–H groups in total. The van der Waals surface area contributed by atoms with E-state index in [0.717, 1.165) is 5.56 Å². The third-order valence-electron chi connectivity index (χ3n) is 5.96. The molecule has 0 spiro atoms. The Morgan fingerprint density at radius 3 is 2.14 bits per heavy atom. The molecule has 11 heteroatoms. The first-order valence-corrected chi connectivity index (χ1v) is 13.3. The number of halogens is 2. The number of nitrogens with one attached hydrogen (secondary N) is 4. The van der Waals surface area contributed by atoms with Crippen molar-refractivity contribution in [3.63, 3.8) is 0 Å². The summed E-state index contributed by atoms with van der Waals surface area (Å²) in [6.07, 6.45) is 0. The van der Waals surface area contributed by atoms with E-state index in [1.165, 1.54) is 31.3 Å². The molecule has 0 aliphatic heterocycles. The number of quaternary nitrogens is 1. The topological polar surface area (TPSA) is 115 Å². The lowest BCUT2D eigenvalue weighted by atomic mass is 9.94. The Labute approximate surface area is 221 Å². The summed E-state index contributed by atoms with van der Waals surface area (Å²) in [6, 6.07) is 16.7. The Hall–Kier alpha value is -2.82. The smallest absolute Gasteiger partial charge is 0.319 e. The van der Waals surface area contributed by atoms with E-state index in [4.69, 9.17) is 23.2 Å². The van der Waals surface area contributed by atoms with Gasteiger partial charge in [0.05, 0.1) is 28.0 Å². The molecule has 3 rings (SSSR count). The molecule has 0 heterocycles. The third-order valence-corrected chi connectivity index (χ3v) is 8.19. The summed E-state index contributed by atoms with van der Waals surface area (Å²) < 4.78 is 28.1. The quantitative estimate of drug-likeness (QED) is 0.298. The zero-order valence-electron chi connectivity index (χ0n) is 20.2. The van der Waals surface area contributed by atoms with Gasteiger partial charge in [-0.1, -0.05) is 47.5 Å². The SMILES string of the molecule is C[C@H](NC(=O)Nc1ccc(S(=O)(=O)Nc2ccc(C(C)(C)[NH+](C)[O-])cc2)cc1)c1cccc(Cl)c1Cl. The van der Waals surface area contributed by atoms with Gasteiger partial charge in [0, 0.05) is 16.9 Å². The van der Waals surface area contributed by atoms with Crippen molar-refractivity contribution in [1.29, 1.82) is 0 Å². The highest BCUT2D eigenvalue weighted by Gasteiger charge is 2.25. The highest BCUT2D eigenvalue weighted by molar-refractivity contribution is 7.92. The highest BCUT2D eigenvalue weighted by Crippen LogP contribution is 2.30. The molecule has 36 heavy (non-hydrogen) atoms. The zero-order chi connectivity index (χ0) is 26.7. The molecule has 2 atom stereocenters. The molecule has 3 aromatic carbocycles. The molecule has 0 aliphatic rings. The fourth-order valence-corrected chi connectivity index (χ4v) is 4.92. The number of rotatable bonds is 8. The number of benzene rings is 3. The van der Waals surface area contributed by atoms with Gasteiger partial charge < -0.3 is 20.9 Å². The van der Waals surface area contributed by atoms with Crippen molar-refractivity contribution in [1.82, 2.24) is 5.32 Å². The maximum atomic E-state index is 12.8. The Balaban J connectivity index is 1.64. The lowest BCUT2D eigenvalue weighted by Crippen LogP contribution is -3.10. The second-order valence-electron chi connectivity index (χ2n) is 8.85. The van der Waals surface area contributed by atoms with Crippen molar-refractivity contribution < 1.29 is 18.3 Å². The van der Waals surface area contributed by atoms with Gasteiger partial charge in [-0.05, 0) is 68.8 Å². The average molecular weight is 551 g/mol. The van der Waals surface area contributed by atoms with Crippen LogP contribution in [0.15, 0.2) is 71.6 Å². The van der Waals surface area contributed by atoms with Crippen LogP contribution in [0, 0.1) is 5.21 Å². The Kier molecular flexibility index (Phi) is 8.53. The second-order valence-corrected chi connectivity index (χ2v) is 11.3. The van der Waals surface area contributed by atoms with Crippen molar-refractivity contribution >= 4 is 50.6 Å². The van der Waals surface area contributed by atoms with Crippen molar-refractivity contribution in [2.45, 2.75) is 37.2 Å². The first-order chi connectivity index (χ1) is 16.8. The lowest BCUT2D eigenvalue weighted by Gasteiger charge is -2.35. The second kappa shape index (κ2) is 11.1. The van der Waals surface area contributed by atoms with Gasteiger partial charge in [-0.3, -0.25) is 4.72 Å². The number of anilines is 2. The van der Waals surface area contributed by atoms with Crippen LogP contribution in [-0.4, -0.2) is 21.5 Å². The molecule has 0 saturated heterocycles. The van der Waals surface area contributed by atoms with Gasteiger partial charge in [0.15, 0.2) is 0 Å². The number of carbonyl (C=O) groups excluding carboxylic acids is 1. The molecule has 1 unspecified atom stereocenters. The minimum atomic E-state index is -3.86. The van der Waals surface area contributed by atoms with Crippen LogP contribution in [-0.2, 0) is 15.6 Å². The Morgan fingerprint density at radius 1 is 0.972 bits per heavy atom. The summed E-state index contributed by atoms with van der Waals surface area (Å²) in [5, 5.41) is 18.1. The summed E-state index contributed by atoms with van der Waals surface area (Å²) in [5.74, 6) is 0. The van der Waals surface area contributed by atoms with Gasteiger partial charge in [-0.25, -0.2) is 13.2 Å². The Bertz CT molecular complexity index is 1330. The first-order valence-electron chi connectivity index (χ1n) is 11.1. The number of sulfonamides is 1. The standard InChI is InChI=1S/C25H28Cl2N4O4S/c1-16(21-6-5-7-22(26)23(21)27)28-24(32)29-18-12-14-20(15-13-18)36(34,35)30-19-10-8-17(9-11-19)25(2,3)31(4)33/h5-16,30-31H,1-4H3,(H2,28,29,32)/t16-/m0/s1. The van der Waals surface area contributed by atoms with Crippen LogP contribution < -0.4 is 20.4 Å². The average Bonchev–Trinajstić information content (AvgIpc) is 2.81. The van der Waals surface area contributed by atoms with Crippen LogP contribution >= 0.6 is 23.2 Å². The molecule has 192 valence electrons. The third kappa shape index (κ3) is 6.48. The predicted octanol–water partition coefficient (Wildman–Crippen LogP) is 4.92. The fourth-order valence-electron chi connectivity index (χ4n) is 3.39. The molecule has 0 radical (unpaired) electrons. The van der Waals surface area contributed by atoms with Crippen LogP contribution in [0.25, 0.3) is 0 Å². The first kappa shape index (κ1) is 27.8. The molecule has 0 aliphatic carbocycles. The van der Waals surface area contributed by atoms with E-state index in [1.54, 1.807) is 49.4 Å². The summed E-state index contributed by atoms with van der Waals surface area (Å²) in [5.41, 5.74) is 1.58. The summed E-state index contributed by atoms with van der Waals surface area (Å²) in [4.78, 5) is 12.4. The number of hydroxylamine groups is 2. The predicted molar refractivity (Wildman–Crippen MR) is 144 cm³/mol. The van der Waals surface area contributed by atoms with E-state index in [-0.39, 0.29) is 9.96 Å². The molecule has 0 fully saturated rings. The van der Waals surface area contributed by atoms with Crippen LogP contribution in [0.5, 0.6) is 0 Å². The van der Waals surface area contributed by atoms with Crippen LogP contribution in [0.3, 0.4) is 0 Å². The summed E-state index contributed by atoms with van der Waals surface area (Å²) in [6.45, 7) is 5.40. The fraction of sp³-hybridized carbons (Fsp3) is 0.240. The van der Waals surface area contributed by atoms with Gasteiger partial charge in [0.2, 0.25) is 0 Å². The number of hydrogen-bond donors (Lipinski definition) is 4. The van der Waals surface area contributed by atoms with E-state index in [9.17, 15) is 18.4 Å². The van der Waals surface area contributed by atoms with Gasteiger partial charge in [0.25, 0.3) is 10.0 Å². The summed E-state index contributed by atoms with van der Waals surface area (Å²) in [7, 11) is -2.34. The van der Waals surface area contributed by atoms with E-state index in [1.807, 2.05) is 13.8 Å². The number of hydrogen-bond acceptors (Lipinski definition) is 4. The van der Waals surface area contributed by atoms with E-state index >= 15 is 0 Å². The number of urea groups is 1. The molecule has 0 aromatic heterocycles. The molecule has 0 saturated carbocycles. The van der Waals surface area contributed by atoms with Crippen LogP contribution in [0.4, 0.5) is 16.2 Å². The van der Waals surface area contributed by atoms with Crippen LogP contribution in [0.1, 0.15) is 37.9 Å². The maximum absolute atomic E-state index is 12.8. The molecule has 8 nitrogen and oxygen atoms in total. The van der Waals surface area contributed by atoms with Crippen molar-refractivity contribution in [2.75, 3.05) is 17.1 Å². The van der Waals surface area contributed by atoms with Gasteiger partial charge in [-0.15, -0.1) is 0 Å². The molecular formula is C25H28Cl2N4O4S. The van der Waals surface area contributed by atoms with Gasteiger partial charge >= 0.3 is 6.03 Å². The zero-order valence-corrected chi connectivity index (χ0v) is 22.6. The molecule has 3 aromatic rings. The normalized spacial score (nSPS) is 13.5. The minimum Gasteiger partial charge on any atom is -0.634 e. The molecule has 0 bridgehead atoms. The van der Waals surface area contributed by atoms with Crippen molar-refractivity contribution in [3.8, 4) is 0 Å². The highest BCUT2D eigenvalue weighted by atomic mass is 35.5. The number of amides is 2. The summed E-state index contributed by atoms with van der Waals surface area (Å²) >= 11 is 12.2. The molecule has 2 amide bonds. The van der Waals surface area contributed by atoms with Crippen LogP contribution in [0.2, 0.25) is 10.0 Å². The monoisotopic (exact) mass is 550 g/mol. The lowest BCUT2D eigenvalue weighted by molar-refractivity contribution is -0.889. The van der Waals surface area contributed by atoms with Gasteiger partial charge in [-0.2, -0.15) is 0 Å². The van der Waals surface area contributed by atoms with E-state index in [0.29, 0.717) is 27.0 Å². The van der Waals surface area contributed by atoms with E-state index < -0.39 is 27.6 Å². The largest absolute Gasteiger partial charge is 0.634 e. The van der Waals surface area contributed by atoms with E-state index in [2.05, 4.69) is 15.4 Å². The maximum Gasteiger partial charge on any atom is 0.319 e.